The molecule has 2 fully saturated rings. The molecular formula is C39H59N5O7. The van der Waals surface area contributed by atoms with Gasteiger partial charge < -0.3 is 30.9 Å². The number of rotatable bonds is 15. The van der Waals surface area contributed by atoms with E-state index in [1.807, 2.05) is 92.6 Å². The summed E-state index contributed by atoms with van der Waals surface area (Å²) in [4.78, 5) is 82.7. The van der Waals surface area contributed by atoms with Crippen molar-refractivity contribution in [2.75, 3.05) is 13.1 Å². The zero-order valence-electron chi connectivity index (χ0n) is 32.1. The van der Waals surface area contributed by atoms with Crippen molar-refractivity contribution in [3.63, 3.8) is 0 Å². The van der Waals surface area contributed by atoms with E-state index >= 15 is 0 Å². The predicted octanol–water partition coefficient (Wildman–Crippen LogP) is 4.45. The number of unbranched alkanes of at least 4 members (excludes halogenated alkanes) is 1. The number of ketones is 1. The predicted molar refractivity (Wildman–Crippen MR) is 195 cm³/mol. The van der Waals surface area contributed by atoms with E-state index in [9.17, 15) is 28.8 Å². The lowest BCUT2D eigenvalue weighted by molar-refractivity contribution is -0.153. The van der Waals surface area contributed by atoms with Gasteiger partial charge in [-0.05, 0) is 47.0 Å². The Morgan fingerprint density at radius 3 is 2.10 bits per heavy atom. The van der Waals surface area contributed by atoms with Gasteiger partial charge in [0.15, 0.2) is 0 Å². The number of fused-ring (bicyclic) bond motifs is 1. The molecule has 0 bridgehead atoms. The molecule has 1 saturated carbocycles. The van der Waals surface area contributed by atoms with Crippen molar-refractivity contribution in [3.8, 4) is 0 Å². The van der Waals surface area contributed by atoms with E-state index in [4.69, 9.17) is 4.74 Å². The number of piperidine rings is 1. The summed E-state index contributed by atoms with van der Waals surface area (Å²) in [6, 6.07) is 4.47. The van der Waals surface area contributed by atoms with Gasteiger partial charge in [0.1, 0.15) is 24.2 Å². The van der Waals surface area contributed by atoms with E-state index < -0.39 is 76.6 Å². The average molecular weight is 710 g/mol. The second kappa shape index (κ2) is 16.4. The summed E-state index contributed by atoms with van der Waals surface area (Å²) in [6.07, 6.45) is 2.54. The molecule has 4 unspecified atom stereocenters. The van der Waals surface area contributed by atoms with E-state index in [1.165, 1.54) is 11.0 Å². The first kappa shape index (κ1) is 41.2. The topological polar surface area (TPSA) is 163 Å². The van der Waals surface area contributed by atoms with Crippen LogP contribution in [-0.2, 0) is 28.7 Å². The average Bonchev–Trinajstić information content (AvgIpc) is 3.36. The first-order chi connectivity index (χ1) is 23.7. The van der Waals surface area contributed by atoms with Crippen LogP contribution in [0.4, 0.5) is 4.79 Å². The first-order valence-corrected chi connectivity index (χ1v) is 18.0. The third-order valence-electron chi connectivity index (χ3n) is 10.2. The minimum atomic E-state index is -1.07. The number of carbonyl (C=O) groups is 6. The summed E-state index contributed by atoms with van der Waals surface area (Å²) in [7, 11) is 0. The zero-order valence-corrected chi connectivity index (χ0v) is 32.1. The van der Waals surface area contributed by atoms with Crippen molar-refractivity contribution in [1.29, 1.82) is 0 Å². The number of amides is 5. The number of nitrogens with one attached hydrogen (secondary N) is 4. The normalized spacial score (nSPS) is 21.5. The summed E-state index contributed by atoms with van der Waals surface area (Å²) in [5, 5.41) is 10.9. The highest BCUT2D eigenvalue weighted by Gasteiger charge is 2.70. The molecule has 0 radical (unpaired) electrons. The van der Waals surface area contributed by atoms with Crippen LogP contribution in [0.2, 0.25) is 0 Å². The number of carbonyl (C=O) groups excluding carboxylic acids is 6. The van der Waals surface area contributed by atoms with Gasteiger partial charge in [-0.15, -0.1) is 6.58 Å². The Balaban J connectivity index is 1.82. The molecule has 1 aliphatic heterocycles. The Kier molecular flexibility index (Phi) is 13.3. The number of hydrogen-bond acceptors (Lipinski definition) is 7. The summed E-state index contributed by atoms with van der Waals surface area (Å²) < 4.78 is 5.76. The largest absolute Gasteiger partial charge is 0.456 e. The maximum atomic E-state index is 14.4. The minimum Gasteiger partial charge on any atom is -0.456 e. The molecule has 1 saturated heterocycles. The van der Waals surface area contributed by atoms with E-state index in [1.54, 1.807) is 6.92 Å². The van der Waals surface area contributed by atoms with Crippen LogP contribution < -0.4 is 21.3 Å². The van der Waals surface area contributed by atoms with Crippen molar-refractivity contribution in [1.82, 2.24) is 26.2 Å². The number of ether oxygens (including phenoxy) is 1. The number of Topliss-reactive ketones (excluding diaryl/α,β-unsaturated/α-hetero) is 1. The molecule has 1 aliphatic carbocycles. The first-order valence-electron chi connectivity index (χ1n) is 18.0. The molecule has 4 N–H and O–H groups in total. The Labute approximate surface area is 303 Å². The third-order valence-corrected chi connectivity index (χ3v) is 10.2. The lowest BCUT2D eigenvalue weighted by atomic mass is 9.85. The van der Waals surface area contributed by atoms with Gasteiger partial charge in [0.2, 0.25) is 17.6 Å². The molecular weight excluding hydrogens is 650 g/mol. The van der Waals surface area contributed by atoms with Crippen LogP contribution in [0.5, 0.6) is 0 Å². The molecule has 51 heavy (non-hydrogen) atoms. The molecule has 1 heterocycles. The van der Waals surface area contributed by atoms with Crippen molar-refractivity contribution in [2.45, 2.75) is 119 Å². The fraction of sp³-hybridized carbons (Fsp3) is 0.641. The van der Waals surface area contributed by atoms with Crippen LogP contribution in [0.25, 0.3) is 0 Å². The summed E-state index contributed by atoms with van der Waals surface area (Å²) in [5.74, 6) is -3.26. The number of benzene rings is 1. The smallest absolute Gasteiger partial charge is 0.329 e. The van der Waals surface area contributed by atoms with Crippen LogP contribution in [0.3, 0.4) is 0 Å². The minimum absolute atomic E-state index is 0.0407. The lowest BCUT2D eigenvalue weighted by Gasteiger charge is -2.38. The van der Waals surface area contributed by atoms with Crippen LogP contribution in [0.1, 0.15) is 100 Å². The van der Waals surface area contributed by atoms with Crippen LogP contribution in [-0.4, -0.2) is 77.7 Å². The molecule has 1 aromatic carbocycles. The number of nitrogens with zero attached hydrogens (tertiary/aromatic N) is 1. The molecule has 3 rings (SSSR count). The molecule has 0 spiro atoms. The van der Waals surface area contributed by atoms with Crippen LogP contribution in [0.15, 0.2) is 43.0 Å². The number of hydrogen-bond donors (Lipinski definition) is 4. The van der Waals surface area contributed by atoms with Gasteiger partial charge in [-0.2, -0.15) is 0 Å². The molecule has 1 aromatic rings. The zero-order chi connectivity index (χ0) is 38.5. The van der Waals surface area contributed by atoms with Crippen molar-refractivity contribution in [2.24, 2.45) is 28.1 Å². The maximum absolute atomic E-state index is 14.4. The lowest BCUT2D eigenvalue weighted by Crippen LogP contribution is -2.62. The molecule has 282 valence electrons. The molecule has 12 nitrogen and oxygen atoms in total. The van der Waals surface area contributed by atoms with Crippen LogP contribution >= 0.6 is 0 Å². The SMILES string of the molecule is C=CCNC(=O)C(=O)C(CCCC)NC(=O)[C@@H]1C2[C@H](CN1C(=O)[C@@H](NC(=O)NC(C(=O)OC(C)c1ccccc1)C(C)(C)C)C(C)(C)C)C2(C)C. The summed E-state index contributed by atoms with van der Waals surface area (Å²) in [5.41, 5.74) is -0.933. The number of esters is 1. The van der Waals surface area contributed by atoms with E-state index in [0.29, 0.717) is 13.0 Å². The Morgan fingerprint density at radius 2 is 1.55 bits per heavy atom. The quantitative estimate of drug-likeness (QED) is 0.119. The van der Waals surface area contributed by atoms with Crippen LogP contribution in [0, 0.1) is 28.1 Å². The van der Waals surface area contributed by atoms with Gasteiger partial charge in [-0.3, -0.25) is 19.2 Å². The molecule has 7 atom stereocenters. The van der Waals surface area contributed by atoms with Gasteiger partial charge in [-0.1, -0.05) is 112 Å². The monoisotopic (exact) mass is 709 g/mol. The van der Waals surface area contributed by atoms with Gasteiger partial charge in [0.05, 0.1) is 6.04 Å². The molecule has 12 heteroatoms. The second-order valence-corrected chi connectivity index (χ2v) is 16.7. The Bertz CT molecular complexity index is 1460. The summed E-state index contributed by atoms with van der Waals surface area (Å²) in [6.45, 7) is 22.6. The van der Waals surface area contributed by atoms with Gasteiger partial charge >= 0.3 is 12.0 Å². The highest BCUT2D eigenvalue weighted by molar-refractivity contribution is 6.38. The fourth-order valence-electron chi connectivity index (χ4n) is 6.94. The summed E-state index contributed by atoms with van der Waals surface area (Å²) >= 11 is 0. The Hall–Kier alpha value is -4.22. The fourth-order valence-corrected chi connectivity index (χ4v) is 6.94. The van der Waals surface area contributed by atoms with Crippen molar-refractivity contribution < 1.29 is 33.5 Å². The molecule has 5 amide bonds. The van der Waals surface area contributed by atoms with Gasteiger partial charge in [0.25, 0.3) is 5.91 Å². The van der Waals surface area contributed by atoms with Gasteiger partial charge in [-0.25, -0.2) is 9.59 Å². The van der Waals surface area contributed by atoms with Gasteiger partial charge in [0, 0.05) is 13.1 Å². The maximum Gasteiger partial charge on any atom is 0.329 e. The standard InChI is InChI=1S/C39H59N5O7/c1-12-14-20-26(29(45)33(47)40-21-13-2)41-32(46)28-27-25(39(27,10)11)22-44(28)34(48)30(37(4,5)6)42-36(50)43-31(38(7,8)9)35(49)51-23(3)24-18-16-15-17-19-24/h13,15-19,23,25-28,30-31H,2,12,14,20-22H2,1,3-11H3,(H,40,47)(H,41,46)(H2,42,43,50)/t23?,25-,26?,27?,28-,30+,31?/m0/s1. The van der Waals surface area contributed by atoms with Crippen molar-refractivity contribution in [3.05, 3.63) is 48.6 Å². The van der Waals surface area contributed by atoms with E-state index in [-0.39, 0.29) is 30.2 Å². The molecule has 0 aromatic heterocycles. The third kappa shape index (κ3) is 9.98. The number of urea groups is 1. The number of likely N-dealkylation sites (tertiary alicyclic amines) is 1. The second-order valence-electron chi connectivity index (χ2n) is 16.7. The highest BCUT2D eigenvalue weighted by atomic mass is 16.5. The van der Waals surface area contributed by atoms with E-state index in [0.717, 1.165) is 12.0 Å². The van der Waals surface area contributed by atoms with E-state index in [2.05, 4.69) is 27.8 Å². The van der Waals surface area contributed by atoms with Crippen molar-refractivity contribution >= 4 is 35.5 Å². The molecule has 2 aliphatic rings. The Morgan fingerprint density at radius 1 is 0.961 bits per heavy atom. The highest BCUT2D eigenvalue weighted by Crippen LogP contribution is 2.65.